The number of carboxylic acids is 1. The van der Waals surface area contributed by atoms with Crippen molar-refractivity contribution < 1.29 is 19.4 Å². The summed E-state index contributed by atoms with van der Waals surface area (Å²) in [6, 6.07) is 10.00. The van der Waals surface area contributed by atoms with Crippen LogP contribution >= 0.6 is 0 Å². The molecule has 1 saturated heterocycles. The lowest BCUT2D eigenvalue weighted by molar-refractivity contribution is -0.147. The summed E-state index contributed by atoms with van der Waals surface area (Å²) in [4.78, 5) is 27.0. The number of ether oxygens (including phenoxy) is 1. The number of nitrogens with zero attached hydrogens (tertiary/aromatic N) is 2. The third-order valence-electron chi connectivity index (χ3n) is 4.76. The summed E-state index contributed by atoms with van der Waals surface area (Å²) in [6.07, 6.45) is 1.19. The quantitative estimate of drug-likeness (QED) is 0.917. The van der Waals surface area contributed by atoms with Crippen LogP contribution in [0.3, 0.4) is 0 Å². The van der Waals surface area contributed by atoms with Gasteiger partial charge < -0.3 is 14.7 Å². The van der Waals surface area contributed by atoms with E-state index in [1.807, 2.05) is 30.3 Å². The minimum absolute atomic E-state index is 0.186. The van der Waals surface area contributed by atoms with E-state index in [1.165, 1.54) is 0 Å². The first-order chi connectivity index (χ1) is 11.1. The molecule has 1 aliphatic heterocycles. The highest BCUT2D eigenvalue weighted by Gasteiger charge is 2.39. The molecule has 1 aliphatic carbocycles. The molecular formula is C17H22N2O4. The molecule has 1 aromatic carbocycles. The van der Waals surface area contributed by atoms with Gasteiger partial charge >= 0.3 is 12.1 Å². The normalized spacial score (nSPS) is 24.8. The molecule has 23 heavy (non-hydrogen) atoms. The highest BCUT2D eigenvalue weighted by Crippen LogP contribution is 2.32. The second kappa shape index (κ2) is 7.00. The van der Waals surface area contributed by atoms with Crippen molar-refractivity contribution in [2.75, 3.05) is 26.2 Å². The van der Waals surface area contributed by atoms with Gasteiger partial charge in [-0.15, -0.1) is 0 Å². The Morgan fingerprint density at radius 3 is 2.35 bits per heavy atom. The van der Waals surface area contributed by atoms with Crippen LogP contribution in [-0.4, -0.2) is 59.2 Å². The lowest BCUT2D eigenvalue weighted by Crippen LogP contribution is -2.56. The van der Waals surface area contributed by atoms with E-state index in [0.717, 1.165) is 31.5 Å². The van der Waals surface area contributed by atoms with E-state index >= 15 is 0 Å². The SMILES string of the molecule is O=C(O)C1CC(N2CCN(C(=O)OCc3ccccc3)CC2)C1. The molecule has 0 atom stereocenters. The Morgan fingerprint density at radius 2 is 1.74 bits per heavy atom. The summed E-state index contributed by atoms with van der Waals surface area (Å²) in [5, 5.41) is 8.93. The van der Waals surface area contributed by atoms with Crippen molar-refractivity contribution in [2.24, 2.45) is 5.92 Å². The zero-order valence-electron chi connectivity index (χ0n) is 13.1. The molecule has 0 spiro atoms. The lowest BCUT2D eigenvalue weighted by Gasteiger charge is -2.44. The molecule has 2 fully saturated rings. The van der Waals surface area contributed by atoms with Gasteiger partial charge in [0.1, 0.15) is 6.61 Å². The third-order valence-corrected chi connectivity index (χ3v) is 4.76. The van der Waals surface area contributed by atoms with Gasteiger partial charge in [0, 0.05) is 32.2 Å². The largest absolute Gasteiger partial charge is 0.481 e. The number of piperazine rings is 1. The summed E-state index contributed by atoms with van der Waals surface area (Å²) in [5.74, 6) is -0.877. The maximum atomic E-state index is 12.1. The van der Waals surface area contributed by atoms with E-state index in [9.17, 15) is 9.59 Å². The number of benzene rings is 1. The molecule has 1 N–H and O–H groups in total. The van der Waals surface area contributed by atoms with Gasteiger partial charge in [0.25, 0.3) is 0 Å². The summed E-state index contributed by atoms with van der Waals surface area (Å²) in [7, 11) is 0. The number of carbonyl (C=O) groups excluding carboxylic acids is 1. The summed E-state index contributed by atoms with van der Waals surface area (Å²) in [6.45, 7) is 3.15. The fourth-order valence-corrected chi connectivity index (χ4v) is 3.17. The van der Waals surface area contributed by atoms with Gasteiger partial charge in [0.15, 0.2) is 0 Å². The van der Waals surface area contributed by atoms with Crippen LogP contribution in [0.25, 0.3) is 0 Å². The van der Waals surface area contributed by atoms with Crippen LogP contribution in [-0.2, 0) is 16.1 Å². The standard InChI is InChI=1S/C17H22N2O4/c20-16(21)14-10-15(11-14)18-6-8-19(9-7-18)17(22)23-12-13-4-2-1-3-5-13/h1-5,14-15H,6-12H2,(H,20,21). The molecule has 1 heterocycles. The molecule has 3 rings (SSSR count). The van der Waals surface area contributed by atoms with Gasteiger partial charge in [-0.05, 0) is 18.4 Å². The van der Waals surface area contributed by atoms with Gasteiger partial charge in [-0.1, -0.05) is 30.3 Å². The van der Waals surface area contributed by atoms with Crippen molar-refractivity contribution in [3.63, 3.8) is 0 Å². The van der Waals surface area contributed by atoms with Gasteiger partial charge in [-0.2, -0.15) is 0 Å². The van der Waals surface area contributed by atoms with Crippen molar-refractivity contribution >= 4 is 12.1 Å². The van der Waals surface area contributed by atoms with Gasteiger partial charge in [-0.3, -0.25) is 9.69 Å². The van der Waals surface area contributed by atoms with Gasteiger partial charge in [-0.25, -0.2) is 4.79 Å². The van der Waals surface area contributed by atoms with E-state index < -0.39 is 5.97 Å². The second-order valence-electron chi connectivity index (χ2n) is 6.22. The molecule has 0 bridgehead atoms. The van der Waals surface area contributed by atoms with Crippen LogP contribution < -0.4 is 0 Å². The molecule has 6 heteroatoms. The predicted molar refractivity (Wildman–Crippen MR) is 83.9 cm³/mol. The number of carbonyl (C=O) groups is 2. The molecule has 124 valence electrons. The van der Waals surface area contributed by atoms with Crippen molar-refractivity contribution in [1.29, 1.82) is 0 Å². The number of rotatable bonds is 4. The average Bonchev–Trinajstić information content (AvgIpc) is 2.52. The number of hydrogen-bond donors (Lipinski definition) is 1. The Hall–Kier alpha value is -2.08. The summed E-state index contributed by atoms with van der Waals surface area (Å²) < 4.78 is 5.34. The molecule has 1 amide bonds. The highest BCUT2D eigenvalue weighted by molar-refractivity contribution is 5.71. The molecule has 0 unspecified atom stereocenters. The fraction of sp³-hybridized carbons (Fsp3) is 0.529. The molecule has 6 nitrogen and oxygen atoms in total. The first kappa shape index (κ1) is 15.8. The van der Waals surface area contributed by atoms with Crippen LogP contribution in [0.2, 0.25) is 0 Å². The molecule has 2 aliphatic rings. The van der Waals surface area contributed by atoms with Crippen molar-refractivity contribution in [3.05, 3.63) is 35.9 Å². The molecule has 0 radical (unpaired) electrons. The zero-order valence-corrected chi connectivity index (χ0v) is 13.1. The number of carboxylic acid groups (broad SMARTS) is 1. The first-order valence-corrected chi connectivity index (χ1v) is 8.06. The molecular weight excluding hydrogens is 296 g/mol. The first-order valence-electron chi connectivity index (χ1n) is 8.06. The van der Waals surface area contributed by atoms with E-state index in [-0.39, 0.29) is 12.0 Å². The third kappa shape index (κ3) is 3.82. The minimum atomic E-state index is -0.690. The van der Waals surface area contributed by atoms with E-state index in [0.29, 0.717) is 25.7 Å². The van der Waals surface area contributed by atoms with Gasteiger partial charge in [0.05, 0.1) is 5.92 Å². The molecule has 1 saturated carbocycles. The van der Waals surface area contributed by atoms with Crippen LogP contribution in [0.5, 0.6) is 0 Å². The molecule has 0 aromatic heterocycles. The van der Waals surface area contributed by atoms with Crippen molar-refractivity contribution in [1.82, 2.24) is 9.80 Å². The smallest absolute Gasteiger partial charge is 0.410 e. The number of aliphatic carboxylic acids is 1. The Labute approximate surface area is 135 Å². The molecule has 1 aromatic rings. The Morgan fingerprint density at radius 1 is 1.09 bits per heavy atom. The van der Waals surface area contributed by atoms with Crippen molar-refractivity contribution in [2.45, 2.75) is 25.5 Å². The second-order valence-corrected chi connectivity index (χ2v) is 6.22. The monoisotopic (exact) mass is 318 g/mol. The summed E-state index contributed by atoms with van der Waals surface area (Å²) >= 11 is 0. The lowest BCUT2D eigenvalue weighted by atomic mass is 9.79. The Kier molecular flexibility index (Phi) is 4.81. The number of amides is 1. The Bertz CT molecular complexity index is 549. The highest BCUT2D eigenvalue weighted by atomic mass is 16.6. The van der Waals surface area contributed by atoms with Crippen LogP contribution in [0.15, 0.2) is 30.3 Å². The topological polar surface area (TPSA) is 70.1 Å². The Balaban J connectivity index is 1.39. The van der Waals surface area contributed by atoms with Crippen LogP contribution in [0.4, 0.5) is 4.79 Å². The maximum absolute atomic E-state index is 12.1. The summed E-state index contributed by atoms with van der Waals surface area (Å²) in [5.41, 5.74) is 0.980. The van der Waals surface area contributed by atoms with E-state index in [1.54, 1.807) is 4.90 Å². The number of hydrogen-bond acceptors (Lipinski definition) is 4. The van der Waals surface area contributed by atoms with Crippen LogP contribution in [0.1, 0.15) is 18.4 Å². The fourth-order valence-electron chi connectivity index (χ4n) is 3.17. The maximum Gasteiger partial charge on any atom is 0.410 e. The van der Waals surface area contributed by atoms with Crippen LogP contribution in [0, 0.1) is 5.92 Å². The minimum Gasteiger partial charge on any atom is -0.481 e. The average molecular weight is 318 g/mol. The zero-order chi connectivity index (χ0) is 16.2. The van der Waals surface area contributed by atoms with Gasteiger partial charge in [0.2, 0.25) is 0 Å². The predicted octanol–water partition coefficient (Wildman–Crippen LogP) is 1.80. The van der Waals surface area contributed by atoms with E-state index in [2.05, 4.69) is 4.90 Å². The van der Waals surface area contributed by atoms with Crippen molar-refractivity contribution in [3.8, 4) is 0 Å². The van der Waals surface area contributed by atoms with E-state index in [4.69, 9.17) is 9.84 Å².